The number of aliphatic carboxylic acids is 1. The summed E-state index contributed by atoms with van der Waals surface area (Å²) in [6, 6.07) is 6.88. The Bertz CT molecular complexity index is 435. The van der Waals surface area contributed by atoms with Gasteiger partial charge in [-0.1, -0.05) is 24.3 Å². The highest BCUT2D eigenvalue weighted by atomic mass is 16.5. The van der Waals surface area contributed by atoms with E-state index in [9.17, 15) is 9.90 Å². The van der Waals surface area contributed by atoms with Gasteiger partial charge in [0.05, 0.1) is 12.7 Å². The molecule has 5 nitrogen and oxygen atoms in total. The monoisotopic (exact) mass is 251 g/mol. The van der Waals surface area contributed by atoms with Gasteiger partial charge in [-0.15, -0.1) is 0 Å². The molecule has 3 atom stereocenters. The molecule has 1 saturated heterocycles. The van der Waals surface area contributed by atoms with E-state index in [1.54, 1.807) is 0 Å². The van der Waals surface area contributed by atoms with Gasteiger partial charge in [-0.25, -0.2) is 0 Å². The number of aliphatic hydroxyl groups excluding tert-OH is 1. The van der Waals surface area contributed by atoms with Crippen LogP contribution in [0.2, 0.25) is 0 Å². The van der Waals surface area contributed by atoms with E-state index in [0.717, 1.165) is 11.1 Å². The van der Waals surface area contributed by atoms with Crippen LogP contribution in [0.1, 0.15) is 11.1 Å². The molecule has 0 bridgehead atoms. The SMILES string of the molecule is Cc1ccccc1COC1CN[C@H](C(=O)O)C1O. The summed E-state index contributed by atoms with van der Waals surface area (Å²) < 4.78 is 5.59. The third-order valence-corrected chi connectivity index (χ3v) is 3.24. The first-order chi connectivity index (χ1) is 8.59. The Morgan fingerprint density at radius 3 is 2.83 bits per heavy atom. The molecule has 5 heteroatoms. The minimum Gasteiger partial charge on any atom is -0.480 e. The van der Waals surface area contributed by atoms with E-state index in [0.29, 0.717) is 13.2 Å². The highest BCUT2D eigenvalue weighted by Crippen LogP contribution is 2.15. The van der Waals surface area contributed by atoms with Crippen LogP contribution in [0.3, 0.4) is 0 Å². The predicted octanol–water partition coefficient (Wildman–Crippen LogP) is 0.298. The topological polar surface area (TPSA) is 78.8 Å². The van der Waals surface area contributed by atoms with E-state index in [4.69, 9.17) is 9.84 Å². The van der Waals surface area contributed by atoms with Crippen LogP contribution in [-0.4, -0.2) is 41.0 Å². The average molecular weight is 251 g/mol. The lowest BCUT2D eigenvalue weighted by atomic mass is 10.1. The highest BCUT2D eigenvalue weighted by Gasteiger charge is 2.39. The number of carboxylic acids is 1. The summed E-state index contributed by atoms with van der Waals surface area (Å²) in [7, 11) is 0. The van der Waals surface area contributed by atoms with Crippen LogP contribution in [0.5, 0.6) is 0 Å². The number of carbonyl (C=O) groups is 1. The Labute approximate surface area is 105 Å². The molecular weight excluding hydrogens is 234 g/mol. The predicted molar refractivity (Wildman–Crippen MR) is 65.2 cm³/mol. The molecule has 1 aromatic carbocycles. The fraction of sp³-hybridized carbons (Fsp3) is 0.462. The maximum Gasteiger partial charge on any atom is 0.323 e. The van der Waals surface area contributed by atoms with Crippen LogP contribution >= 0.6 is 0 Å². The quantitative estimate of drug-likeness (QED) is 0.717. The molecule has 1 aliphatic heterocycles. The van der Waals surface area contributed by atoms with Gasteiger partial charge in [-0.2, -0.15) is 0 Å². The number of ether oxygens (including phenoxy) is 1. The molecule has 1 fully saturated rings. The van der Waals surface area contributed by atoms with Gasteiger partial charge in [0.25, 0.3) is 0 Å². The summed E-state index contributed by atoms with van der Waals surface area (Å²) in [6.45, 7) is 2.72. The summed E-state index contributed by atoms with van der Waals surface area (Å²) in [5.74, 6) is -1.05. The second-order valence-corrected chi connectivity index (χ2v) is 4.49. The Hall–Kier alpha value is -1.43. The van der Waals surface area contributed by atoms with Gasteiger partial charge >= 0.3 is 5.97 Å². The number of hydrogen-bond acceptors (Lipinski definition) is 4. The molecule has 3 N–H and O–H groups in total. The molecule has 2 rings (SSSR count). The van der Waals surface area contributed by atoms with Gasteiger partial charge in [0, 0.05) is 6.54 Å². The molecule has 18 heavy (non-hydrogen) atoms. The van der Waals surface area contributed by atoms with Crippen molar-refractivity contribution >= 4 is 5.97 Å². The van der Waals surface area contributed by atoms with Crippen LogP contribution in [0, 0.1) is 6.92 Å². The van der Waals surface area contributed by atoms with Crippen LogP contribution < -0.4 is 5.32 Å². The number of aliphatic hydroxyl groups is 1. The van der Waals surface area contributed by atoms with Crippen molar-refractivity contribution in [2.24, 2.45) is 0 Å². The second kappa shape index (κ2) is 5.48. The second-order valence-electron chi connectivity index (χ2n) is 4.49. The fourth-order valence-electron chi connectivity index (χ4n) is 2.06. The third-order valence-electron chi connectivity index (χ3n) is 3.24. The molecule has 1 heterocycles. The molecule has 0 radical (unpaired) electrons. The van der Waals surface area contributed by atoms with Crippen molar-refractivity contribution in [1.82, 2.24) is 5.32 Å². The van der Waals surface area contributed by atoms with E-state index in [2.05, 4.69) is 5.32 Å². The zero-order valence-electron chi connectivity index (χ0n) is 10.2. The van der Waals surface area contributed by atoms with Gasteiger partial charge < -0.3 is 14.9 Å². The van der Waals surface area contributed by atoms with Crippen molar-refractivity contribution in [3.05, 3.63) is 35.4 Å². The van der Waals surface area contributed by atoms with Gasteiger partial charge in [-0.05, 0) is 18.1 Å². The minimum atomic E-state index is -1.05. The summed E-state index contributed by atoms with van der Waals surface area (Å²) in [6.07, 6.45) is -1.49. The number of aryl methyl sites for hydroxylation is 1. The number of hydrogen-bond donors (Lipinski definition) is 3. The zero-order valence-corrected chi connectivity index (χ0v) is 10.2. The van der Waals surface area contributed by atoms with Gasteiger partial charge in [-0.3, -0.25) is 10.1 Å². The Kier molecular flexibility index (Phi) is 3.96. The largest absolute Gasteiger partial charge is 0.480 e. The summed E-state index contributed by atoms with van der Waals surface area (Å²) in [5.41, 5.74) is 2.16. The summed E-state index contributed by atoms with van der Waals surface area (Å²) >= 11 is 0. The molecule has 0 aromatic heterocycles. The Morgan fingerprint density at radius 1 is 1.50 bits per heavy atom. The first-order valence-corrected chi connectivity index (χ1v) is 5.90. The lowest BCUT2D eigenvalue weighted by molar-refractivity contribution is -0.142. The van der Waals surface area contributed by atoms with Gasteiger partial charge in [0.1, 0.15) is 12.1 Å². The van der Waals surface area contributed by atoms with Crippen molar-refractivity contribution < 1.29 is 19.7 Å². The maximum atomic E-state index is 10.8. The van der Waals surface area contributed by atoms with Crippen LogP contribution in [0.4, 0.5) is 0 Å². The normalized spacial score (nSPS) is 27.3. The molecule has 1 aromatic rings. The van der Waals surface area contributed by atoms with E-state index in [1.165, 1.54) is 0 Å². The van der Waals surface area contributed by atoms with E-state index < -0.39 is 24.2 Å². The number of nitrogens with one attached hydrogen (secondary N) is 1. The molecule has 98 valence electrons. The lowest BCUT2D eigenvalue weighted by Gasteiger charge is -2.17. The van der Waals surface area contributed by atoms with Crippen LogP contribution in [-0.2, 0) is 16.1 Å². The van der Waals surface area contributed by atoms with E-state index in [1.807, 2.05) is 31.2 Å². The third kappa shape index (κ3) is 2.69. The standard InChI is InChI=1S/C13H17NO4/c1-8-4-2-3-5-9(8)7-18-10-6-14-11(12(10)15)13(16)17/h2-5,10-12,14-15H,6-7H2,1H3,(H,16,17)/t10?,11-,12?/m0/s1. The van der Waals surface area contributed by atoms with Crippen molar-refractivity contribution in [1.29, 1.82) is 0 Å². The van der Waals surface area contributed by atoms with Crippen LogP contribution in [0.25, 0.3) is 0 Å². The molecule has 2 unspecified atom stereocenters. The van der Waals surface area contributed by atoms with Gasteiger partial charge in [0.2, 0.25) is 0 Å². The highest BCUT2D eigenvalue weighted by molar-refractivity contribution is 5.74. The van der Waals surface area contributed by atoms with Crippen molar-refractivity contribution in [2.75, 3.05) is 6.54 Å². The first-order valence-electron chi connectivity index (χ1n) is 5.90. The van der Waals surface area contributed by atoms with Crippen LogP contribution in [0.15, 0.2) is 24.3 Å². The molecular formula is C13H17NO4. The smallest absolute Gasteiger partial charge is 0.323 e. The molecule has 1 aliphatic rings. The van der Waals surface area contributed by atoms with Gasteiger partial charge in [0.15, 0.2) is 0 Å². The first kappa shape index (κ1) is 13.0. The Balaban J connectivity index is 1.92. The number of rotatable bonds is 4. The van der Waals surface area contributed by atoms with E-state index >= 15 is 0 Å². The number of carboxylic acid groups (broad SMARTS) is 1. The van der Waals surface area contributed by atoms with E-state index in [-0.39, 0.29) is 0 Å². The molecule has 0 amide bonds. The lowest BCUT2D eigenvalue weighted by Crippen LogP contribution is -2.40. The maximum absolute atomic E-state index is 10.8. The Morgan fingerprint density at radius 2 is 2.22 bits per heavy atom. The van der Waals surface area contributed by atoms with Crippen molar-refractivity contribution in [2.45, 2.75) is 31.8 Å². The molecule has 0 aliphatic carbocycles. The summed E-state index contributed by atoms with van der Waals surface area (Å²) in [5, 5.41) is 21.4. The van der Waals surface area contributed by atoms with Crippen molar-refractivity contribution in [3.63, 3.8) is 0 Å². The van der Waals surface area contributed by atoms with Crippen molar-refractivity contribution in [3.8, 4) is 0 Å². The molecule has 0 spiro atoms. The summed E-state index contributed by atoms with van der Waals surface area (Å²) in [4.78, 5) is 10.8. The fourth-order valence-corrected chi connectivity index (χ4v) is 2.06. The zero-order chi connectivity index (χ0) is 13.1. The minimum absolute atomic E-state index is 0.351. The average Bonchev–Trinajstić information content (AvgIpc) is 2.70. The number of benzene rings is 1. The molecule has 0 saturated carbocycles.